The molecule has 0 atom stereocenters. The molecule has 5 heteroatoms. The van der Waals surface area contributed by atoms with Crippen molar-refractivity contribution in [2.75, 3.05) is 5.32 Å². The fourth-order valence-electron chi connectivity index (χ4n) is 2.42. The highest BCUT2D eigenvalue weighted by molar-refractivity contribution is 6.30. The van der Waals surface area contributed by atoms with E-state index in [2.05, 4.69) is 5.32 Å². The highest BCUT2D eigenvalue weighted by Gasteiger charge is 2.13. The number of hydrogen-bond acceptors (Lipinski definition) is 3. The molecular formula is C20H18ClNO3. The van der Waals surface area contributed by atoms with Crippen LogP contribution in [0.1, 0.15) is 28.8 Å². The molecule has 3 aromatic rings. The molecule has 1 N–H and O–H groups in total. The van der Waals surface area contributed by atoms with E-state index in [0.29, 0.717) is 16.5 Å². The van der Waals surface area contributed by atoms with Crippen LogP contribution in [0.15, 0.2) is 65.1 Å². The van der Waals surface area contributed by atoms with Crippen molar-refractivity contribution in [3.63, 3.8) is 0 Å². The van der Waals surface area contributed by atoms with Crippen molar-refractivity contribution in [1.29, 1.82) is 0 Å². The SMILES string of the molecule is CCc1ccccc1NC(=O)c1ccc(COc2cccc(Cl)c2)o1. The van der Waals surface area contributed by atoms with Gasteiger partial charge in [-0.05, 0) is 48.4 Å². The van der Waals surface area contributed by atoms with Crippen LogP contribution in [0.25, 0.3) is 0 Å². The van der Waals surface area contributed by atoms with Gasteiger partial charge in [-0.2, -0.15) is 0 Å². The number of carbonyl (C=O) groups excluding carboxylic acids is 1. The summed E-state index contributed by atoms with van der Waals surface area (Å²) in [5.41, 5.74) is 1.87. The Labute approximate surface area is 151 Å². The van der Waals surface area contributed by atoms with E-state index in [0.717, 1.165) is 17.7 Å². The number of rotatable bonds is 6. The predicted octanol–water partition coefficient (Wildman–Crippen LogP) is 5.33. The van der Waals surface area contributed by atoms with E-state index in [1.54, 1.807) is 24.3 Å². The second kappa shape index (κ2) is 7.90. The molecule has 0 radical (unpaired) electrons. The Morgan fingerprint density at radius 2 is 1.96 bits per heavy atom. The molecule has 128 valence electrons. The normalized spacial score (nSPS) is 10.5. The van der Waals surface area contributed by atoms with Gasteiger partial charge in [0.1, 0.15) is 18.1 Å². The average Bonchev–Trinajstić information content (AvgIpc) is 3.10. The monoisotopic (exact) mass is 355 g/mol. The molecule has 2 aromatic carbocycles. The lowest BCUT2D eigenvalue weighted by Crippen LogP contribution is -2.12. The van der Waals surface area contributed by atoms with Crippen LogP contribution >= 0.6 is 11.6 Å². The third-order valence-corrected chi connectivity index (χ3v) is 3.94. The molecule has 0 saturated heterocycles. The Morgan fingerprint density at radius 3 is 2.76 bits per heavy atom. The fraction of sp³-hybridized carbons (Fsp3) is 0.150. The Kier molecular flexibility index (Phi) is 5.41. The molecule has 3 rings (SSSR count). The lowest BCUT2D eigenvalue weighted by Gasteiger charge is -2.08. The van der Waals surface area contributed by atoms with Gasteiger partial charge in [0.2, 0.25) is 0 Å². The molecule has 0 aliphatic carbocycles. The van der Waals surface area contributed by atoms with Gasteiger partial charge in [0.05, 0.1) is 0 Å². The van der Waals surface area contributed by atoms with E-state index >= 15 is 0 Å². The number of aryl methyl sites for hydroxylation is 1. The molecule has 4 nitrogen and oxygen atoms in total. The second-order valence-electron chi connectivity index (χ2n) is 5.48. The van der Waals surface area contributed by atoms with Gasteiger partial charge in [-0.25, -0.2) is 0 Å². The van der Waals surface area contributed by atoms with Gasteiger partial charge < -0.3 is 14.5 Å². The number of nitrogens with one attached hydrogen (secondary N) is 1. The molecule has 25 heavy (non-hydrogen) atoms. The summed E-state index contributed by atoms with van der Waals surface area (Å²) in [6, 6.07) is 18.2. The van der Waals surface area contributed by atoms with E-state index in [-0.39, 0.29) is 18.3 Å². The van der Waals surface area contributed by atoms with Crippen LogP contribution in [-0.4, -0.2) is 5.91 Å². The second-order valence-corrected chi connectivity index (χ2v) is 5.91. The highest BCUT2D eigenvalue weighted by atomic mass is 35.5. The first-order chi connectivity index (χ1) is 12.2. The summed E-state index contributed by atoms with van der Waals surface area (Å²) in [4.78, 5) is 12.4. The van der Waals surface area contributed by atoms with E-state index in [9.17, 15) is 4.79 Å². The molecule has 0 aliphatic rings. The van der Waals surface area contributed by atoms with Gasteiger partial charge in [-0.3, -0.25) is 4.79 Å². The minimum atomic E-state index is -0.282. The third-order valence-electron chi connectivity index (χ3n) is 3.71. The first-order valence-electron chi connectivity index (χ1n) is 8.02. The van der Waals surface area contributed by atoms with Crippen LogP contribution < -0.4 is 10.1 Å². The van der Waals surface area contributed by atoms with Gasteiger partial charge >= 0.3 is 0 Å². The zero-order valence-corrected chi connectivity index (χ0v) is 14.5. The summed E-state index contributed by atoms with van der Waals surface area (Å²) in [7, 11) is 0. The summed E-state index contributed by atoms with van der Waals surface area (Å²) >= 11 is 5.92. The lowest BCUT2D eigenvalue weighted by molar-refractivity contribution is 0.0992. The number of furan rings is 1. The van der Waals surface area contributed by atoms with E-state index < -0.39 is 0 Å². The third kappa shape index (κ3) is 4.43. The molecule has 0 fully saturated rings. The van der Waals surface area contributed by atoms with Gasteiger partial charge in [0, 0.05) is 10.7 Å². The summed E-state index contributed by atoms with van der Waals surface area (Å²) in [5, 5.41) is 3.48. The van der Waals surface area contributed by atoms with Gasteiger partial charge in [0.25, 0.3) is 5.91 Å². The molecular weight excluding hydrogens is 338 g/mol. The maximum atomic E-state index is 12.4. The van der Waals surface area contributed by atoms with Crippen LogP contribution in [0.3, 0.4) is 0 Å². The molecule has 0 spiro atoms. The number of carbonyl (C=O) groups is 1. The van der Waals surface area contributed by atoms with Crippen LogP contribution in [0.4, 0.5) is 5.69 Å². The fourth-order valence-corrected chi connectivity index (χ4v) is 2.60. The molecule has 0 unspecified atom stereocenters. The van der Waals surface area contributed by atoms with Crippen LogP contribution in [-0.2, 0) is 13.0 Å². The van der Waals surface area contributed by atoms with Gasteiger partial charge in [-0.1, -0.05) is 42.8 Å². The van der Waals surface area contributed by atoms with Crippen molar-refractivity contribution in [2.45, 2.75) is 20.0 Å². The highest BCUT2D eigenvalue weighted by Crippen LogP contribution is 2.20. The number of ether oxygens (including phenoxy) is 1. The topological polar surface area (TPSA) is 51.5 Å². The van der Waals surface area contributed by atoms with Crippen LogP contribution in [0.2, 0.25) is 5.02 Å². The predicted molar refractivity (Wildman–Crippen MR) is 98.3 cm³/mol. The standard InChI is InChI=1S/C20H18ClNO3/c1-2-14-6-3-4-9-18(14)22-20(23)19-11-10-17(25-19)13-24-16-8-5-7-15(21)12-16/h3-12H,2,13H2,1H3,(H,22,23). The minimum Gasteiger partial charge on any atom is -0.486 e. The largest absolute Gasteiger partial charge is 0.486 e. The summed E-state index contributed by atoms with van der Waals surface area (Å²) in [6.07, 6.45) is 0.841. The smallest absolute Gasteiger partial charge is 0.291 e. The molecule has 1 amide bonds. The van der Waals surface area contributed by atoms with Crippen molar-refractivity contribution in [1.82, 2.24) is 0 Å². The van der Waals surface area contributed by atoms with Crippen LogP contribution in [0, 0.1) is 0 Å². The first kappa shape index (κ1) is 17.1. The van der Waals surface area contributed by atoms with Crippen molar-refractivity contribution >= 4 is 23.2 Å². The Bertz CT molecular complexity index is 873. The molecule has 1 heterocycles. The van der Waals surface area contributed by atoms with Crippen LogP contribution in [0.5, 0.6) is 5.75 Å². The van der Waals surface area contributed by atoms with Gasteiger partial charge in [-0.15, -0.1) is 0 Å². The lowest BCUT2D eigenvalue weighted by atomic mass is 10.1. The number of anilines is 1. The molecule has 0 saturated carbocycles. The quantitative estimate of drug-likeness (QED) is 0.650. The van der Waals surface area contributed by atoms with Crippen molar-refractivity contribution in [3.05, 3.63) is 82.8 Å². The minimum absolute atomic E-state index is 0.221. The zero-order chi connectivity index (χ0) is 17.6. The maximum absolute atomic E-state index is 12.4. The summed E-state index contributed by atoms with van der Waals surface area (Å²) < 4.78 is 11.2. The molecule has 0 bridgehead atoms. The first-order valence-corrected chi connectivity index (χ1v) is 8.40. The maximum Gasteiger partial charge on any atom is 0.291 e. The average molecular weight is 356 g/mol. The molecule has 1 aromatic heterocycles. The van der Waals surface area contributed by atoms with Crippen molar-refractivity contribution in [3.8, 4) is 5.75 Å². The number of benzene rings is 2. The van der Waals surface area contributed by atoms with Crippen molar-refractivity contribution in [2.24, 2.45) is 0 Å². The van der Waals surface area contributed by atoms with E-state index in [1.807, 2.05) is 43.3 Å². The zero-order valence-electron chi connectivity index (χ0n) is 13.8. The Morgan fingerprint density at radius 1 is 1.12 bits per heavy atom. The number of halogens is 1. The van der Waals surface area contributed by atoms with E-state index in [4.69, 9.17) is 20.8 Å². The Hall–Kier alpha value is -2.72. The summed E-state index contributed by atoms with van der Waals surface area (Å²) in [6.45, 7) is 2.27. The van der Waals surface area contributed by atoms with E-state index in [1.165, 1.54) is 0 Å². The van der Waals surface area contributed by atoms with Gasteiger partial charge in [0.15, 0.2) is 5.76 Å². The Balaban J connectivity index is 1.63. The number of amides is 1. The number of hydrogen-bond donors (Lipinski definition) is 1. The van der Waals surface area contributed by atoms with Crippen molar-refractivity contribution < 1.29 is 13.9 Å². The summed E-state index contributed by atoms with van der Waals surface area (Å²) in [5.74, 6) is 1.17. The molecule has 0 aliphatic heterocycles. The number of para-hydroxylation sites is 1.